The number of ether oxygens (including phenoxy) is 2. The quantitative estimate of drug-likeness (QED) is 0.423. The van der Waals surface area contributed by atoms with Gasteiger partial charge in [-0.25, -0.2) is 9.78 Å². The Kier molecular flexibility index (Phi) is 6.79. The summed E-state index contributed by atoms with van der Waals surface area (Å²) in [6.07, 6.45) is 1.27. The van der Waals surface area contributed by atoms with Gasteiger partial charge in [-0.3, -0.25) is 4.79 Å². The van der Waals surface area contributed by atoms with Crippen LogP contribution in [0.2, 0.25) is 0 Å². The molecule has 0 aliphatic carbocycles. The molecule has 1 aliphatic heterocycles. The predicted molar refractivity (Wildman–Crippen MR) is 130 cm³/mol. The van der Waals surface area contributed by atoms with Crippen molar-refractivity contribution in [2.45, 2.75) is 59.3 Å². The summed E-state index contributed by atoms with van der Waals surface area (Å²) in [4.78, 5) is 31.6. The third-order valence-electron chi connectivity index (χ3n) is 5.35. The molecule has 1 unspecified atom stereocenters. The van der Waals surface area contributed by atoms with E-state index < -0.39 is 6.10 Å². The Balaban J connectivity index is 1.61. The van der Waals surface area contributed by atoms with Crippen LogP contribution in [0.3, 0.4) is 0 Å². The van der Waals surface area contributed by atoms with Gasteiger partial charge in [0.15, 0.2) is 6.10 Å². The third kappa shape index (κ3) is 5.09. The molecule has 172 valence electrons. The van der Waals surface area contributed by atoms with E-state index in [1.807, 2.05) is 44.2 Å². The second-order valence-electron chi connectivity index (χ2n) is 8.39. The molecule has 1 atom stereocenters. The first kappa shape index (κ1) is 23.0. The highest BCUT2D eigenvalue weighted by Gasteiger charge is 2.32. The van der Waals surface area contributed by atoms with Crippen LogP contribution in [-0.4, -0.2) is 29.1 Å². The molecule has 2 heterocycles. The van der Waals surface area contributed by atoms with Crippen molar-refractivity contribution in [1.29, 1.82) is 0 Å². The number of hydrogen-bond donors (Lipinski definition) is 0. The van der Waals surface area contributed by atoms with E-state index in [1.54, 1.807) is 35.3 Å². The molecular formula is C26H28N2O4S. The maximum atomic E-state index is 13.0. The van der Waals surface area contributed by atoms with Gasteiger partial charge in [0.05, 0.1) is 34.6 Å². The number of nitrogens with zero attached hydrogens (tertiary/aromatic N) is 2. The van der Waals surface area contributed by atoms with E-state index in [0.717, 1.165) is 40.4 Å². The number of amides is 1. The number of rotatable bonds is 7. The van der Waals surface area contributed by atoms with E-state index in [4.69, 9.17) is 14.5 Å². The first-order chi connectivity index (χ1) is 15.9. The molecule has 33 heavy (non-hydrogen) atoms. The molecule has 0 N–H and O–H groups in total. The average molecular weight is 465 g/mol. The van der Waals surface area contributed by atoms with Crippen LogP contribution >= 0.6 is 11.3 Å². The number of aromatic nitrogens is 1. The predicted octanol–water partition coefficient (Wildman–Crippen LogP) is 5.64. The molecule has 1 amide bonds. The number of fused-ring (bicyclic) bond motifs is 1. The van der Waals surface area contributed by atoms with Gasteiger partial charge in [0.2, 0.25) is 0 Å². The Bertz CT molecular complexity index is 1150. The van der Waals surface area contributed by atoms with Gasteiger partial charge in [-0.2, -0.15) is 0 Å². The SMILES string of the molecule is CCCc1nc(-c2ccc3c(c2)N(Cc2ccc(C(=O)OC(C)C)cc2)C(=O)C(C)O3)cs1. The van der Waals surface area contributed by atoms with Crippen molar-refractivity contribution in [3.63, 3.8) is 0 Å². The number of benzene rings is 2. The molecule has 1 aromatic heterocycles. The smallest absolute Gasteiger partial charge is 0.338 e. The lowest BCUT2D eigenvalue weighted by atomic mass is 10.1. The highest BCUT2D eigenvalue weighted by atomic mass is 32.1. The van der Waals surface area contributed by atoms with Crippen molar-refractivity contribution >= 4 is 28.9 Å². The molecule has 0 fully saturated rings. The molecule has 2 aromatic carbocycles. The van der Waals surface area contributed by atoms with Crippen LogP contribution in [0.15, 0.2) is 47.8 Å². The highest BCUT2D eigenvalue weighted by Crippen LogP contribution is 2.38. The topological polar surface area (TPSA) is 68.7 Å². The normalized spacial score (nSPS) is 15.4. The number of carbonyl (C=O) groups excluding carboxylic acids is 2. The lowest BCUT2D eigenvalue weighted by molar-refractivity contribution is -0.125. The second kappa shape index (κ2) is 9.75. The van der Waals surface area contributed by atoms with E-state index in [-0.39, 0.29) is 18.0 Å². The van der Waals surface area contributed by atoms with E-state index in [0.29, 0.717) is 17.9 Å². The highest BCUT2D eigenvalue weighted by molar-refractivity contribution is 7.09. The monoisotopic (exact) mass is 464 g/mol. The van der Waals surface area contributed by atoms with Gasteiger partial charge in [0, 0.05) is 10.9 Å². The van der Waals surface area contributed by atoms with Gasteiger partial charge in [0.1, 0.15) is 5.75 Å². The summed E-state index contributed by atoms with van der Waals surface area (Å²) >= 11 is 1.66. The number of esters is 1. The van der Waals surface area contributed by atoms with Crippen molar-refractivity contribution in [2.75, 3.05) is 4.90 Å². The molecule has 0 saturated heterocycles. The van der Waals surface area contributed by atoms with Gasteiger partial charge in [-0.1, -0.05) is 19.1 Å². The zero-order valence-electron chi connectivity index (χ0n) is 19.3. The van der Waals surface area contributed by atoms with E-state index in [9.17, 15) is 9.59 Å². The minimum absolute atomic E-state index is 0.104. The summed E-state index contributed by atoms with van der Waals surface area (Å²) in [5, 5.41) is 3.17. The van der Waals surface area contributed by atoms with Gasteiger partial charge in [-0.15, -0.1) is 11.3 Å². The summed E-state index contributed by atoms with van der Waals surface area (Å²) in [5.41, 5.74) is 3.99. The van der Waals surface area contributed by atoms with E-state index in [1.165, 1.54) is 0 Å². The van der Waals surface area contributed by atoms with Crippen LogP contribution in [0.4, 0.5) is 5.69 Å². The average Bonchev–Trinajstić information content (AvgIpc) is 3.25. The molecule has 7 heteroatoms. The van der Waals surface area contributed by atoms with Gasteiger partial charge in [0.25, 0.3) is 5.91 Å². The lowest BCUT2D eigenvalue weighted by Gasteiger charge is -2.33. The summed E-state index contributed by atoms with van der Waals surface area (Å²) in [6, 6.07) is 13.0. The fourth-order valence-electron chi connectivity index (χ4n) is 3.71. The van der Waals surface area contributed by atoms with Crippen LogP contribution < -0.4 is 9.64 Å². The molecule has 1 aliphatic rings. The molecule has 0 spiro atoms. The van der Waals surface area contributed by atoms with E-state index in [2.05, 4.69) is 12.3 Å². The maximum Gasteiger partial charge on any atom is 0.338 e. The van der Waals surface area contributed by atoms with Crippen molar-refractivity contribution in [2.24, 2.45) is 0 Å². The number of anilines is 1. The second-order valence-corrected chi connectivity index (χ2v) is 9.34. The molecule has 0 radical (unpaired) electrons. The van der Waals surface area contributed by atoms with Crippen LogP contribution in [0.1, 0.15) is 55.0 Å². The summed E-state index contributed by atoms with van der Waals surface area (Å²) in [6.45, 7) is 7.91. The number of carbonyl (C=O) groups is 2. The molecular weight excluding hydrogens is 436 g/mol. The number of hydrogen-bond acceptors (Lipinski definition) is 6. The van der Waals surface area contributed by atoms with Gasteiger partial charge in [-0.05, 0) is 69.5 Å². The summed E-state index contributed by atoms with van der Waals surface area (Å²) < 4.78 is 11.1. The lowest BCUT2D eigenvalue weighted by Crippen LogP contribution is -2.44. The van der Waals surface area contributed by atoms with Crippen LogP contribution in [0.5, 0.6) is 5.75 Å². The zero-order chi connectivity index (χ0) is 23.5. The minimum atomic E-state index is -0.570. The first-order valence-corrected chi connectivity index (χ1v) is 12.1. The van der Waals surface area contributed by atoms with Gasteiger partial charge >= 0.3 is 5.97 Å². The zero-order valence-corrected chi connectivity index (χ0v) is 20.1. The fraction of sp³-hybridized carbons (Fsp3) is 0.346. The van der Waals surface area contributed by atoms with Crippen molar-refractivity contribution in [3.8, 4) is 17.0 Å². The van der Waals surface area contributed by atoms with Crippen molar-refractivity contribution in [3.05, 3.63) is 64.0 Å². The van der Waals surface area contributed by atoms with Crippen LogP contribution in [0.25, 0.3) is 11.3 Å². The Morgan fingerprint density at radius 1 is 1.21 bits per heavy atom. The summed E-state index contributed by atoms with van der Waals surface area (Å²) in [7, 11) is 0. The van der Waals surface area contributed by atoms with Crippen LogP contribution in [0, 0.1) is 0 Å². The molecule has 4 rings (SSSR count). The maximum absolute atomic E-state index is 13.0. The Hall–Kier alpha value is -3.19. The first-order valence-electron chi connectivity index (χ1n) is 11.2. The largest absolute Gasteiger partial charge is 0.479 e. The van der Waals surface area contributed by atoms with Gasteiger partial charge < -0.3 is 14.4 Å². The third-order valence-corrected chi connectivity index (χ3v) is 6.26. The molecule has 0 saturated carbocycles. The van der Waals surface area contributed by atoms with Crippen molar-refractivity contribution < 1.29 is 19.1 Å². The van der Waals surface area contributed by atoms with Crippen LogP contribution in [-0.2, 0) is 22.5 Å². The number of thiazole rings is 1. The Morgan fingerprint density at radius 3 is 2.67 bits per heavy atom. The number of aryl methyl sites for hydroxylation is 1. The van der Waals surface area contributed by atoms with E-state index >= 15 is 0 Å². The molecule has 0 bridgehead atoms. The summed E-state index contributed by atoms with van der Waals surface area (Å²) in [5.74, 6) is 0.216. The minimum Gasteiger partial charge on any atom is -0.479 e. The van der Waals surface area contributed by atoms with Crippen molar-refractivity contribution in [1.82, 2.24) is 4.98 Å². The molecule has 3 aromatic rings. The molecule has 6 nitrogen and oxygen atoms in total. The Morgan fingerprint density at radius 2 is 1.97 bits per heavy atom. The fourth-order valence-corrected chi connectivity index (χ4v) is 4.62. The Labute approximate surface area is 198 Å². The standard InChI is InChI=1S/C26H28N2O4S/c1-5-6-24-27-21(15-33-24)20-11-12-23-22(13-20)28(25(29)17(4)32-23)14-18-7-9-19(10-8-18)26(30)31-16(2)3/h7-13,15-17H,5-6,14H2,1-4H3.